The molecule has 1 fully saturated rings. The molecule has 0 aliphatic carbocycles. The summed E-state index contributed by atoms with van der Waals surface area (Å²) in [6.45, 7) is 6.78. The Labute approximate surface area is 170 Å². The smallest absolute Gasteiger partial charge is 0.298 e. The first-order valence-corrected chi connectivity index (χ1v) is 10.3. The third kappa shape index (κ3) is 3.14. The minimum Gasteiger partial charge on any atom is -0.369 e. The number of carbonyl (C=O) groups excluding carboxylic acids is 2. The number of hydrogen-bond donors (Lipinski definition) is 0. The van der Waals surface area contributed by atoms with Crippen LogP contribution in [-0.2, 0) is 4.79 Å². The maximum atomic E-state index is 12.8. The maximum absolute atomic E-state index is 12.8. The first-order chi connectivity index (χ1) is 13.3. The van der Waals surface area contributed by atoms with Crippen LogP contribution in [0, 0.1) is 0 Å². The normalized spacial score (nSPS) is 22.7. The van der Waals surface area contributed by atoms with Gasteiger partial charge in [0.1, 0.15) is 0 Å². The van der Waals surface area contributed by atoms with Crippen molar-refractivity contribution in [2.75, 3.05) is 16.8 Å². The molecule has 28 heavy (non-hydrogen) atoms. The largest absolute Gasteiger partial charge is 0.369 e. The molecule has 0 radical (unpaired) electrons. The summed E-state index contributed by atoms with van der Waals surface area (Å²) in [7, 11) is 2.13. The minimum atomic E-state index is -0.259. The highest BCUT2D eigenvalue weighted by Gasteiger charge is 2.37. The molecule has 2 amide bonds. The van der Waals surface area contributed by atoms with E-state index in [1.807, 2.05) is 30.3 Å². The van der Waals surface area contributed by atoms with E-state index in [9.17, 15) is 9.59 Å². The first-order valence-electron chi connectivity index (χ1n) is 9.49. The Hall–Kier alpha value is -2.53. The predicted molar refractivity (Wildman–Crippen MR) is 117 cm³/mol. The lowest BCUT2D eigenvalue weighted by Gasteiger charge is -2.45. The van der Waals surface area contributed by atoms with Crippen LogP contribution in [0.25, 0.3) is 6.08 Å². The number of benzene rings is 2. The number of nitrogens with zero attached hydrogens (tertiary/aromatic N) is 2. The van der Waals surface area contributed by atoms with E-state index in [-0.39, 0.29) is 16.7 Å². The highest BCUT2D eigenvalue weighted by molar-refractivity contribution is 8.19. The van der Waals surface area contributed by atoms with Gasteiger partial charge in [0.15, 0.2) is 0 Å². The molecule has 1 atom stereocenters. The Kier molecular flexibility index (Phi) is 4.58. The summed E-state index contributed by atoms with van der Waals surface area (Å²) in [6.07, 6.45) is 2.91. The molecule has 5 heteroatoms. The van der Waals surface area contributed by atoms with Crippen molar-refractivity contribution < 1.29 is 9.59 Å². The molecule has 144 valence electrons. The van der Waals surface area contributed by atoms with Gasteiger partial charge in [-0.25, -0.2) is 4.90 Å². The lowest BCUT2D eigenvalue weighted by Crippen LogP contribution is -2.45. The van der Waals surface area contributed by atoms with Crippen LogP contribution in [0.15, 0.2) is 53.4 Å². The molecule has 4 rings (SSSR count). The van der Waals surface area contributed by atoms with E-state index >= 15 is 0 Å². The molecule has 2 aliphatic rings. The highest BCUT2D eigenvalue weighted by atomic mass is 32.2. The van der Waals surface area contributed by atoms with E-state index in [0.717, 1.165) is 23.7 Å². The predicted octanol–water partition coefficient (Wildman–Crippen LogP) is 5.65. The van der Waals surface area contributed by atoms with Gasteiger partial charge in [0, 0.05) is 18.3 Å². The summed E-state index contributed by atoms with van der Waals surface area (Å²) in [5.74, 6) is 0.180. The summed E-state index contributed by atoms with van der Waals surface area (Å²) < 4.78 is 0. The van der Waals surface area contributed by atoms with Crippen LogP contribution in [-0.4, -0.2) is 23.7 Å². The number of hydrogen-bond acceptors (Lipinski definition) is 4. The van der Waals surface area contributed by atoms with E-state index < -0.39 is 0 Å². The van der Waals surface area contributed by atoms with Crippen molar-refractivity contribution >= 4 is 40.4 Å². The average Bonchev–Trinajstić information content (AvgIpc) is 2.93. The van der Waals surface area contributed by atoms with Crippen LogP contribution < -0.4 is 9.80 Å². The highest BCUT2D eigenvalue weighted by Crippen LogP contribution is 2.43. The van der Waals surface area contributed by atoms with Gasteiger partial charge in [-0.15, -0.1) is 0 Å². The molecular weight excluding hydrogens is 368 g/mol. The van der Waals surface area contributed by atoms with Gasteiger partial charge in [0.2, 0.25) is 0 Å². The summed E-state index contributed by atoms with van der Waals surface area (Å²) in [4.78, 5) is 29.3. The summed E-state index contributed by atoms with van der Waals surface area (Å²) in [5.41, 5.74) is 4.21. The van der Waals surface area contributed by atoms with Crippen LogP contribution in [0.4, 0.5) is 16.2 Å². The van der Waals surface area contributed by atoms with Crippen molar-refractivity contribution in [1.29, 1.82) is 0 Å². The van der Waals surface area contributed by atoms with Crippen molar-refractivity contribution in [3.63, 3.8) is 0 Å². The molecule has 0 saturated carbocycles. The number of amides is 2. The van der Waals surface area contributed by atoms with Crippen LogP contribution in [0.1, 0.15) is 44.2 Å². The standard InChI is InChI=1S/C23H24N2O2S/c1-15-14-23(2,3)24(4)19-11-10-16(12-18(15)19)13-20-21(26)25(22(27)28-20)17-8-6-5-7-9-17/h5-13,15H,14H2,1-4H3/b20-13-/t15-/m0/s1. The van der Waals surface area contributed by atoms with Gasteiger partial charge in [-0.1, -0.05) is 31.2 Å². The Balaban J connectivity index is 1.67. The Morgan fingerprint density at radius 1 is 1.11 bits per heavy atom. The molecular formula is C23H24N2O2S. The number of imide groups is 1. The van der Waals surface area contributed by atoms with Crippen molar-refractivity contribution in [2.24, 2.45) is 0 Å². The number of rotatable bonds is 2. The average molecular weight is 393 g/mol. The van der Waals surface area contributed by atoms with Crippen LogP contribution in [0.3, 0.4) is 0 Å². The van der Waals surface area contributed by atoms with E-state index in [2.05, 4.69) is 44.9 Å². The zero-order valence-corrected chi connectivity index (χ0v) is 17.4. The van der Waals surface area contributed by atoms with E-state index in [1.165, 1.54) is 16.2 Å². The van der Waals surface area contributed by atoms with Gasteiger partial charge < -0.3 is 4.90 Å². The van der Waals surface area contributed by atoms with Crippen LogP contribution in [0.2, 0.25) is 0 Å². The second kappa shape index (κ2) is 6.82. The number of thioether (sulfide) groups is 1. The molecule has 4 nitrogen and oxygen atoms in total. The summed E-state index contributed by atoms with van der Waals surface area (Å²) in [6, 6.07) is 15.4. The SMILES string of the molecule is C[C@H]1CC(C)(C)N(C)c2ccc(/C=C3\SC(=O)N(c4ccccc4)C3=O)cc21. The van der Waals surface area contributed by atoms with Crippen molar-refractivity contribution in [3.05, 3.63) is 64.6 Å². The first kappa shape index (κ1) is 18.8. The molecule has 0 aromatic heterocycles. The van der Waals surface area contributed by atoms with E-state index in [4.69, 9.17) is 0 Å². The summed E-state index contributed by atoms with van der Waals surface area (Å²) in [5, 5.41) is -0.254. The molecule has 0 N–H and O–H groups in total. The van der Waals surface area contributed by atoms with Gasteiger partial charge in [0.05, 0.1) is 10.6 Å². The molecule has 2 heterocycles. The maximum Gasteiger partial charge on any atom is 0.298 e. The van der Waals surface area contributed by atoms with Gasteiger partial charge in [-0.2, -0.15) is 0 Å². The topological polar surface area (TPSA) is 40.6 Å². The van der Waals surface area contributed by atoms with Gasteiger partial charge >= 0.3 is 0 Å². The van der Waals surface area contributed by atoms with Gasteiger partial charge in [-0.05, 0) is 79.4 Å². The monoisotopic (exact) mass is 392 g/mol. The summed E-state index contributed by atoms with van der Waals surface area (Å²) >= 11 is 0.998. The second-order valence-electron chi connectivity index (χ2n) is 8.15. The van der Waals surface area contributed by atoms with Crippen LogP contribution >= 0.6 is 11.8 Å². The molecule has 0 unspecified atom stereocenters. The van der Waals surface area contributed by atoms with Crippen molar-refractivity contribution in [1.82, 2.24) is 0 Å². The van der Waals surface area contributed by atoms with Gasteiger partial charge in [0.25, 0.3) is 11.1 Å². The fourth-order valence-electron chi connectivity index (χ4n) is 4.10. The Bertz CT molecular complexity index is 981. The fraction of sp³-hybridized carbons (Fsp3) is 0.304. The third-order valence-electron chi connectivity index (χ3n) is 5.76. The molecule has 2 aromatic carbocycles. The molecule has 0 bridgehead atoms. The lowest BCUT2D eigenvalue weighted by atomic mass is 9.80. The molecule has 1 saturated heterocycles. The number of fused-ring (bicyclic) bond motifs is 1. The Morgan fingerprint density at radius 3 is 2.54 bits per heavy atom. The third-order valence-corrected chi connectivity index (χ3v) is 6.63. The lowest BCUT2D eigenvalue weighted by molar-refractivity contribution is -0.113. The van der Waals surface area contributed by atoms with Crippen LogP contribution in [0.5, 0.6) is 0 Å². The van der Waals surface area contributed by atoms with E-state index in [0.29, 0.717) is 16.5 Å². The molecule has 2 aliphatic heterocycles. The zero-order chi connectivity index (χ0) is 20.1. The zero-order valence-electron chi connectivity index (χ0n) is 16.6. The second-order valence-corrected chi connectivity index (χ2v) is 9.14. The quantitative estimate of drug-likeness (QED) is 0.619. The molecule has 0 spiro atoms. The Morgan fingerprint density at radius 2 is 1.82 bits per heavy atom. The number of para-hydroxylation sites is 1. The van der Waals surface area contributed by atoms with Gasteiger partial charge in [-0.3, -0.25) is 9.59 Å². The van der Waals surface area contributed by atoms with Crippen molar-refractivity contribution in [3.8, 4) is 0 Å². The van der Waals surface area contributed by atoms with Crippen molar-refractivity contribution in [2.45, 2.75) is 38.6 Å². The molecule has 2 aromatic rings. The van der Waals surface area contributed by atoms with E-state index in [1.54, 1.807) is 12.1 Å². The number of carbonyl (C=O) groups is 2. The fourth-order valence-corrected chi connectivity index (χ4v) is 4.95. The minimum absolute atomic E-state index is 0.117. The number of anilines is 2.